The molecule has 5 heterocycles. The van der Waals surface area contributed by atoms with E-state index in [-0.39, 0.29) is 0 Å². The number of nitrogens with one attached hydrogen (secondary N) is 2. The molecule has 0 unspecified atom stereocenters. The molecule has 3 N–H and O–H groups in total. The van der Waals surface area contributed by atoms with Crippen molar-refractivity contribution in [3.8, 4) is 45.2 Å². The lowest BCUT2D eigenvalue weighted by Gasteiger charge is -2.06. The lowest BCUT2D eigenvalue weighted by Crippen LogP contribution is -1.91. The minimum absolute atomic E-state index is 0.610. The van der Waals surface area contributed by atoms with Crippen molar-refractivity contribution in [1.29, 1.82) is 0 Å². The number of rotatable bonds is 3. The topological polar surface area (TPSA) is 94.7 Å². The van der Waals surface area contributed by atoms with Gasteiger partial charge in [0, 0.05) is 50.2 Å². The Bertz CT molecular complexity index is 2340. The average Bonchev–Trinajstić information content (AvgIpc) is 3.93. The van der Waals surface area contributed by atoms with Crippen LogP contribution in [0.5, 0.6) is 0 Å². The molecule has 0 spiro atoms. The van der Waals surface area contributed by atoms with Crippen LogP contribution in [-0.4, -0.2) is 31.0 Å². The van der Waals surface area contributed by atoms with Crippen molar-refractivity contribution in [2.45, 2.75) is 0 Å². The first-order valence-electron chi connectivity index (χ1n) is 15.2. The highest BCUT2D eigenvalue weighted by molar-refractivity contribution is 5.96. The van der Waals surface area contributed by atoms with Crippen LogP contribution in [0.1, 0.15) is 28.3 Å². The van der Waals surface area contributed by atoms with Crippen molar-refractivity contribution < 1.29 is 9.90 Å². The van der Waals surface area contributed by atoms with E-state index in [2.05, 4.69) is 88.6 Å². The van der Waals surface area contributed by atoms with Gasteiger partial charge in [0.25, 0.3) is 0 Å². The van der Waals surface area contributed by atoms with Crippen LogP contribution in [0.4, 0.5) is 0 Å². The molecule has 6 nitrogen and oxygen atoms in total. The van der Waals surface area contributed by atoms with Gasteiger partial charge in [-0.3, -0.25) is 0 Å². The number of H-pyrrole nitrogens is 2. The summed E-state index contributed by atoms with van der Waals surface area (Å²) in [4.78, 5) is 28.7. The molecule has 3 aromatic carbocycles. The van der Waals surface area contributed by atoms with Crippen molar-refractivity contribution in [1.82, 2.24) is 19.9 Å². The second-order valence-corrected chi connectivity index (χ2v) is 11.2. The van der Waals surface area contributed by atoms with E-state index < -0.39 is 5.97 Å². The van der Waals surface area contributed by atoms with E-state index in [1.165, 1.54) is 0 Å². The van der Waals surface area contributed by atoms with E-state index in [0.29, 0.717) is 5.56 Å². The molecule has 0 saturated heterocycles. The van der Waals surface area contributed by atoms with Gasteiger partial charge < -0.3 is 15.1 Å². The van der Waals surface area contributed by atoms with Gasteiger partial charge in [0.15, 0.2) is 0 Å². The Kier molecular flexibility index (Phi) is 6.90. The van der Waals surface area contributed by atoms with E-state index in [4.69, 9.17) is 15.1 Å². The predicted molar refractivity (Wildman–Crippen MR) is 190 cm³/mol. The molecule has 6 aromatic rings. The third-order valence-electron chi connectivity index (χ3n) is 8.18. The number of hydrogen-bond donors (Lipinski definition) is 3. The number of carboxylic acids is 1. The Morgan fingerprint density at radius 2 is 0.979 bits per heavy atom. The first kappa shape index (κ1) is 27.8. The number of carbonyl (C=O) groups is 1. The van der Waals surface area contributed by atoms with Crippen LogP contribution < -0.4 is 0 Å². The van der Waals surface area contributed by atoms with Gasteiger partial charge in [-0.15, -0.1) is 0 Å². The molecule has 8 rings (SSSR count). The van der Waals surface area contributed by atoms with Crippen molar-refractivity contribution in [2.75, 3.05) is 0 Å². The van der Waals surface area contributed by atoms with E-state index in [1.807, 2.05) is 72.8 Å². The molecule has 8 bridgehead atoms. The maximum Gasteiger partial charge on any atom is 0.382 e. The van der Waals surface area contributed by atoms with Crippen LogP contribution in [0.3, 0.4) is 0 Å². The number of carboxylic acid groups (broad SMARTS) is 1. The van der Waals surface area contributed by atoms with Crippen LogP contribution >= 0.6 is 0 Å². The Hall–Kier alpha value is -6.71. The van der Waals surface area contributed by atoms with Gasteiger partial charge in [-0.25, -0.2) is 14.8 Å². The summed E-state index contributed by atoms with van der Waals surface area (Å²) in [7, 11) is 0. The molecular weight excluding hydrogens is 580 g/mol. The maximum atomic E-state index is 11.0. The van der Waals surface area contributed by atoms with E-state index in [9.17, 15) is 4.79 Å². The molecule has 222 valence electrons. The fraction of sp³-hybridized carbons (Fsp3) is 0. The number of aromatic amines is 2. The Labute approximate surface area is 270 Å². The smallest absolute Gasteiger partial charge is 0.382 e. The highest BCUT2D eigenvalue weighted by Crippen LogP contribution is 2.36. The van der Waals surface area contributed by atoms with Crippen LogP contribution in [0.15, 0.2) is 115 Å². The van der Waals surface area contributed by atoms with Crippen LogP contribution in [0, 0.1) is 11.8 Å². The molecule has 0 saturated carbocycles. The summed E-state index contributed by atoms with van der Waals surface area (Å²) in [5, 5.41) is 9.02. The van der Waals surface area contributed by atoms with Crippen LogP contribution in [0.25, 0.3) is 79.8 Å². The summed E-state index contributed by atoms with van der Waals surface area (Å²) in [6.45, 7) is 0. The normalized spacial score (nSPS) is 11.7. The summed E-state index contributed by atoms with van der Waals surface area (Å²) in [6, 6.07) is 38.5. The number of fused-ring (bicyclic) bond motifs is 8. The van der Waals surface area contributed by atoms with E-state index >= 15 is 0 Å². The van der Waals surface area contributed by atoms with Gasteiger partial charge in [-0.05, 0) is 83.5 Å². The van der Waals surface area contributed by atoms with Gasteiger partial charge >= 0.3 is 5.97 Å². The van der Waals surface area contributed by atoms with Crippen molar-refractivity contribution in [3.05, 3.63) is 144 Å². The van der Waals surface area contributed by atoms with Gasteiger partial charge in [-0.2, -0.15) is 0 Å². The molecule has 47 heavy (non-hydrogen) atoms. The quantitative estimate of drug-likeness (QED) is 0.175. The second kappa shape index (κ2) is 11.7. The molecule has 3 aromatic heterocycles. The highest BCUT2D eigenvalue weighted by atomic mass is 16.4. The number of benzene rings is 3. The van der Waals surface area contributed by atoms with Crippen LogP contribution in [0.2, 0.25) is 0 Å². The third-order valence-corrected chi connectivity index (χ3v) is 8.18. The molecule has 2 aliphatic rings. The molecule has 6 heteroatoms. The Morgan fingerprint density at radius 1 is 0.532 bits per heavy atom. The number of nitrogens with zero attached hydrogens (tertiary/aromatic N) is 2. The molecule has 0 amide bonds. The molecule has 0 fully saturated rings. The standard InChI is InChI=1S/C41H26N4O2/c46-38(47)24-13-26-11-14-29(15-12-26)41-36-22-20-34(44-36)39(27-7-3-1-4-8-27)32-18-16-30(42-32)25-31-17-19-33(43-31)40(28-9-5-2-6-10-28)35-21-23-37(41)45-35/h1-12,14-23,25,42-43H,(H,46,47). The number of aromatic nitrogens is 4. The molecule has 0 aliphatic carbocycles. The van der Waals surface area contributed by atoms with Gasteiger partial charge in [-0.1, -0.05) is 78.7 Å². The van der Waals surface area contributed by atoms with Crippen molar-refractivity contribution >= 4 is 52.3 Å². The summed E-state index contributed by atoms with van der Waals surface area (Å²) >= 11 is 0. The zero-order valence-corrected chi connectivity index (χ0v) is 25.0. The second-order valence-electron chi connectivity index (χ2n) is 11.2. The number of aliphatic carboxylic acids is 1. The highest BCUT2D eigenvalue weighted by Gasteiger charge is 2.18. The van der Waals surface area contributed by atoms with Gasteiger partial charge in [0.05, 0.1) is 22.8 Å². The minimum Gasteiger partial charge on any atom is -0.472 e. The summed E-state index contributed by atoms with van der Waals surface area (Å²) < 4.78 is 0. The lowest BCUT2D eigenvalue weighted by molar-refractivity contribution is -0.130. The fourth-order valence-electron chi connectivity index (χ4n) is 6.10. The fourth-order valence-corrected chi connectivity index (χ4v) is 6.10. The Balaban J connectivity index is 1.49. The van der Waals surface area contributed by atoms with Gasteiger partial charge in [0.2, 0.25) is 0 Å². The average molecular weight is 607 g/mol. The zero-order valence-electron chi connectivity index (χ0n) is 25.0. The lowest BCUT2D eigenvalue weighted by atomic mass is 10.0. The zero-order chi connectivity index (χ0) is 31.7. The first-order chi connectivity index (χ1) is 23.1. The van der Waals surface area contributed by atoms with E-state index in [0.717, 1.165) is 78.2 Å². The summed E-state index contributed by atoms with van der Waals surface area (Å²) in [6.07, 6.45) is 8.17. The minimum atomic E-state index is -1.17. The monoisotopic (exact) mass is 606 g/mol. The number of hydrogen-bond acceptors (Lipinski definition) is 3. The van der Waals surface area contributed by atoms with Gasteiger partial charge in [0.1, 0.15) is 0 Å². The predicted octanol–water partition coefficient (Wildman–Crippen LogP) is 9.09. The molecular formula is C41H26N4O2. The van der Waals surface area contributed by atoms with Crippen LogP contribution in [-0.2, 0) is 4.79 Å². The summed E-state index contributed by atoms with van der Waals surface area (Å²) in [5.74, 6) is 3.72. The van der Waals surface area contributed by atoms with Crippen molar-refractivity contribution in [2.24, 2.45) is 0 Å². The SMILES string of the molecule is O=C(O)C#Cc1ccc(-c2c3nc(c(-c4ccccc4)c4ccc(cc5ccc([nH]5)c(-c5ccccc5)c5nc2C=C5)[nH]4)C=C3)cc1. The summed E-state index contributed by atoms with van der Waals surface area (Å²) in [5.41, 5.74) is 13.5. The van der Waals surface area contributed by atoms with E-state index in [1.54, 1.807) is 0 Å². The molecule has 0 atom stereocenters. The first-order valence-corrected chi connectivity index (χ1v) is 15.2. The third kappa shape index (κ3) is 5.43. The largest absolute Gasteiger partial charge is 0.472 e. The Morgan fingerprint density at radius 3 is 1.45 bits per heavy atom. The molecule has 2 aliphatic heterocycles. The van der Waals surface area contributed by atoms with Crippen molar-refractivity contribution in [3.63, 3.8) is 0 Å². The molecule has 0 radical (unpaired) electrons. The maximum absolute atomic E-state index is 11.0.